The Hall–Kier alpha value is -5.40. The summed E-state index contributed by atoms with van der Waals surface area (Å²) in [5.41, 5.74) is -0.750. The fourth-order valence-corrected chi connectivity index (χ4v) is 8.21. The van der Waals surface area contributed by atoms with Crippen LogP contribution in [0.15, 0.2) is 55.6 Å². The molecule has 0 bridgehead atoms. The van der Waals surface area contributed by atoms with Crippen LogP contribution < -0.4 is 33.1 Å². The molecule has 8 rings (SSSR count). The van der Waals surface area contributed by atoms with Gasteiger partial charge in [-0.25, -0.2) is 27.2 Å². The van der Waals surface area contributed by atoms with Crippen molar-refractivity contribution >= 4 is 11.6 Å². The second-order valence-corrected chi connectivity index (χ2v) is 14.6. The number of hydrogen-bond donors (Lipinski definition) is 5. The van der Waals surface area contributed by atoms with Gasteiger partial charge in [-0.3, -0.25) is 28.7 Å². The first-order valence-electron chi connectivity index (χ1n) is 18.8. The summed E-state index contributed by atoms with van der Waals surface area (Å²) in [7, 11) is 0. The number of aromatic nitrogens is 4. The number of rotatable bonds is 5. The number of halogens is 4. The van der Waals surface area contributed by atoms with Gasteiger partial charge in [0.25, 0.3) is 11.1 Å². The summed E-state index contributed by atoms with van der Waals surface area (Å²) >= 11 is 0. The highest BCUT2D eigenvalue weighted by atomic mass is 19.1. The molecular weight excluding hydrogens is 736 g/mol. The third-order valence-electron chi connectivity index (χ3n) is 11.2. The summed E-state index contributed by atoms with van der Waals surface area (Å²) in [6, 6.07) is 5.44. The van der Waals surface area contributed by atoms with Gasteiger partial charge in [0.05, 0.1) is 29.8 Å². The van der Waals surface area contributed by atoms with Gasteiger partial charge in [-0.15, -0.1) is 6.42 Å². The molecule has 0 amide bonds. The van der Waals surface area contributed by atoms with E-state index in [0.717, 1.165) is 36.7 Å². The molecular formula is C40H42F4N6O6. The van der Waals surface area contributed by atoms with Crippen molar-refractivity contribution in [2.45, 2.75) is 101 Å². The quantitative estimate of drug-likeness (QED) is 0.143. The first-order chi connectivity index (χ1) is 27.0. The summed E-state index contributed by atoms with van der Waals surface area (Å²) in [6.07, 6.45) is 7.41. The lowest BCUT2D eigenvalue weighted by atomic mass is 9.92. The maximum absolute atomic E-state index is 15.0. The highest BCUT2D eigenvalue weighted by Gasteiger charge is 2.36. The smallest absolute Gasteiger partial charge is 0.330 e. The molecule has 1 saturated heterocycles. The molecule has 0 unspecified atom stereocenters. The lowest BCUT2D eigenvalue weighted by molar-refractivity contribution is 0.0673. The van der Waals surface area contributed by atoms with Gasteiger partial charge in [-0.1, -0.05) is 31.2 Å². The summed E-state index contributed by atoms with van der Waals surface area (Å²) in [4.78, 5) is 56.2. The van der Waals surface area contributed by atoms with Gasteiger partial charge in [0.2, 0.25) is 0 Å². The molecule has 12 nitrogen and oxygen atoms in total. The number of aliphatic hydroxyl groups is 1. The van der Waals surface area contributed by atoms with Crippen LogP contribution in [-0.4, -0.2) is 49.8 Å². The maximum Gasteiger partial charge on any atom is 0.330 e. The molecule has 2 aromatic heterocycles. The fourth-order valence-electron chi connectivity index (χ4n) is 8.21. The molecule has 2 fully saturated rings. The van der Waals surface area contributed by atoms with Crippen LogP contribution >= 0.6 is 0 Å². The van der Waals surface area contributed by atoms with Crippen molar-refractivity contribution in [1.29, 1.82) is 0 Å². The summed E-state index contributed by atoms with van der Waals surface area (Å²) in [5, 5.41) is 14.9. The third kappa shape index (κ3) is 7.57. The third-order valence-corrected chi connectivity index (χ3v) is 11.2. The largest absolute Gasteiger partial charge is 0.392 e. The van der Waals surface area contributed by atoms with Crippen molar-refractivity contribution in [3.8, 4) is 12.3 Å². The Morgan fingerprint density at radius 1 is 0.732 bits per heavy atom. The minimum absolute atomic E-state index is 0.0574. The molecule has 4 aliphatic rings. The van der Waals surface area contributed by atoms with Gasteiger partial charge < -0.3 is 20.5 Å². The van der Waals surface area contributed by atoms with Gasteiger partial charge in [0.1, 0.15) is 35.6 Å². The molecule has 2 aromatic carbocycles. The van der Waals surface area contributed by atoms with E-state index >= 15 is 0 Å². The number of nitrogens with one attached hydrogen (secondary N) is 4. The van der Waals surface area contributed by atoms with Crippen molar-refractivity contribution in [1.82, 2.24) is 19.1 Å². The Labute approximate surface area is 317 Å². The molecule has 296 valence electrons. The van der Waals surface area contributed by atoms with E-state index in [1.165, 1.54) is 41.0 Å². The molecule has 0 spiro atoms. The SMILES string of the molecule is C#Cc1ccc(F)c([C@@H]2Nc3[nH]c(=O)n(C4CCOCC4)c(=O)c3C[C@@H]2F)c1.O=c1[nH]c2c(c(=O)n1C1CCCCC1)C[C@@H](F)[C@H](c1cc(CO)ccc1F)N2. The standard InChI is InChI=1S/C20H19F2N3O3.C20H23F2N3O3/c1-2-11-3-4-15(21)13(9-11)17-16(22)10-14-18(23-17)24-20(27)25(19(14)26)12-5-7-28-8-6-12;21-15-7-6-11(10-26)8-13(15)17-16(22)9-14-18(23-17)24-20(28)25(19(14)27)12-4-2-1-3-5-12/h1,3-4,9,12,16-17,23H,5-8,10H2,(H,24,27);6-8,12,16-17,23,26H,1-5,9-10H2,(H,24,28)/t16-,17-;16-,17+/m01/s1. The number of aromatic amines is 2. The molecule has 56 heavy (non-hydrogen) atoms. The van der Waals surface area contributed by atoms with Crippen LogP contribution in [0.2, 0.25) is 0 Å². The molecule has 3 aliphatic heterocycles. The van der Waals surface area contributed by atoms with Crippen LogP contribution in [0.3, 0.4) is 0 Å². The number of H-pyrrole nitrogens is 2. The highest BCUT2D eigenvalue weighted by molar-refractivity contribution is 5.51. The first-order valence-corrected chi connectivity index (χ1v) is 18.8. The molecule has 1 saturated carbocycles. The van der Waals surface area contributed by atoms with Gasteiger partial charge in [-0.2, -0.15) is 0 Å². The molecule has 1 aliphatic carbocycles. The predicted molar refractivity (Wildman–Crippen MR) is 200 cm³/mol. The number of anilines is 2. The summed E-state index contributed by atoms with van der Waals surface area (Å²) in [5.74, 6) is 1.44. The van der Waals surface area contributed by atoms with E-state index in [9.17, 15) is 41.8 Å². The summed E-state index contributed by atoms with van der Waals surface area (Å²) < 4.78 is 66.1. The van der Waals surface area contributed by atoms with E-state index in [1.807, 2.05) is 0 Å². The zero-order chi connectivity index (χ0) is 39.7. The topological polar surface area (TPSA) is 163 Å². The lowest BCUT2D eigenvalue weighted by Crippen LogP contribution is -2.45. The van der Waals surface area contributed by atoms with E-state index in [-0.39, 0.29) is 65.4 Å². The minimum Gasteiger partial charge on any atom is -0.392 e. The maximum atomic E-state index is 15.0. The second kappa shape index (κ2) is 16.4. The Balaban J connectivity index is 0.000000172. The van der Waals surface area contributed by atoms with E-state index in [0.29, 0.717) is 37.2 Å². The minimum atomic E-state index is -1.56. The number of terminal acetylenes is 1. The van der Waals surface area contributed by atoms with Gasteiger partial charge in [0.15, 0.2) is 0 Å². The average molecular weight is 779 g/mol. The number of hydrogen-bond acceptors (Lipinski definition) is 8. The van der Waals surface area contributed by atoms with E-state index in [2.05, 4.69) is 26.5 Å². The first kappa shape index (κ1) is 38.9. The Kier molecular flexibility index (Phi) is 11.4. The monoisotopic (exact) mass is 778 g/mol. The number of fused-ring (bicyclic) bond motifs is 2. The molecule has 4 aromatic rings. The zero-order valence-electron chi connectivity index (χ0n) is 30.4. The highest BCUT2D eigenvalue weighted by Crippen LogP contribution is 2.36. The number of ether oxygens (including phenoxy) is 1. The van der Waals surface area contributed by atoms with Crippen LogP contribution in [-0.2, 0) is 24.2 Å². The Bertz CT molecular complexity index is 2390. The van der Waals surface area contributed by atoms with Crippen LogP contribution in [0.5, 0.6) is 0 Å². The van der Waals surface area contributed by atoms with E-state index in [1.54, 1.807) is 0 Å². The van der Waals surface area contributed by atoms with Crippen molar-refractivity contribution < 1.29 is 27.4 Å². The Morgan fingerprint density at radius 3 is 1.75 bits per heavy atom. The number of nitrogens with zero attached hydrogens (tertiary/aromatic N) is 2. The van der Waals surface area contributed by atoms with E-state index < -0.39 is 58.6 Å². The van der Waals surface area contributed by atoms with Crippen LogP contribution in [0.4, 0.5) is 29.2 Å². The fraction of sp³-hybridized carbons (Fsp3) is 0.450. The van der Waals surface area contributed by atoms with Crippen LogP contribution in [0.25, 0.3) is 0 Å². The number of benzene rings is 2. The van der Waals surface area contributed by atoms with Crippen LogP contribution in [0.1, 0.15) is 102 Å². The summed E-state index contributed by atoms with van der Waals surface area (Å²) in [6.45, 7) is 0.630. The number of alkyl halides is 2. The molecule has 5 heterocycles. The molecule has 5 N–H and O–H groups in total. The van der Waals surface area contributed by atoms with Gasteiger partial charge >= 0.3 is 11.4 Å². The normalized spacial score (nSPS) is 22.4. The van der Waals surface area contributed by atoms with Crippen molar-refractivity contribution in [3.63, 3.8) is 0 Å². The van der Waals surface area contributed by atoms with Gasteiger partial charge in [-0.05, 0) is 61.6 Å². The predicted octanol–water partition coefficient (Wildman–Crippen LogP) is 4.78. The van der Waals surface area contributed by atoms with Crippen molar-refractivity contribution in [2.24, 2.45) is 0 Å². The van der Waals surface area contributed by atoms with E-state index in [4.69, 9.17) is 11.2 Å². The Morgan fingerprint density at radius 2 is 1.23 bits per heavy atom. The van der Waals surface area contributed by atoms with Crippen molar-refractivity contribution in [3.05, 3.63) is 123 Å². The molecule has 0 radical (unpaired) electrons. The second-order valence-electron chi connectivity index (χ2n) is 14.6. The number of aliphatic hydroxyl groups excluding tert-OH is 1. The average Bonchev–Trinajstić information content (AvgIpc) is 3.20. The molecule has 4 atom stereocenters. The van der Waals surface area contributed by atoms with Crippen molar-refractivity contribution in [2.75, 3.05) is 23.8 Å². The van der Waals surface area contributed by atoms with Gasteiger partial charge in [0, 0.05) is 54.8 Å². The zero-order valence-corrected chi connectivity index (χ0v) is 30.4. The lowest BCUT2D eigenvalue weighted by Gasteiger charge is -2.31. The molecule has 16 heteroatoms. The van der Waals surface area contributed by atoms with Crippen LogP contribution in [0, 0.1) is 24.0 Å².